The predicted octanol–water partition coefficient (Wildman–Crippen LogP) is 5.86. The Labute approximate surface area is 126 Å². The van der Waals surface area contributed by atoms with E-state index in [9.17, 15) is 0 Å². The predicted molar refractivity (Wildman–Crippen MR) is 89.3 cm³/mol. The second kappa shape index (κ2) is 5.95. The fourth-order valence-electron chi connectivity index (χ4n) is 6.04. The molecule has 0 radical (unpaired) electrons. The van der Waals surface area contributed by atoms with Gasteiger partial charge in [0.2, 0.25) is 0 Å². The molecule has 0 bridgehead atoms. The molecule has 0 N–H and O–H groups in total. The molecule has 0 aliphatic rings. The van der Waals surface area contributed by atoms with Crippen molar-refractivity contribution >= 4 is 0 Å². The Morgan fingerprint density at radius 2 is 0.600 bits per heavy atom. The molecule has 0 unspecified atom stereocenters. The van der Waals surface area contributed by atoms with Gasteiger partial charge in [-0.1, -0.05) is 0 Å². The Bertz CT molecular complexity index is 275. The van der Waals surface area contributed by atoms with Crippen LogP contribution in [-0.4, -0.2) is 26.6 Å². The van der Waals surface area contributed by atoms with Crippen LogP contribution in [0.3, 0.4) is 0 Å². The molecule has 0 amide bonds. The maximum absolute atomic E-state index is 6.75. The molecule has 0 aliphatic heterocycles. The van der Waals surface area contributed by atoms with E-state index >= 15 is 0 Å². The molecule has 0 saturated carbocycles. The summed E-state index contributed by atoms with van der Waals surface area (Å²) in [6.07, 6.45) is 0. The number of hydrogen-bond donors (Lipinski definition) is 0. The first-order chi connectivity index (χ1) is 8.41. The maximum atomic E-state index is 6.75. The van der Waals surface area contributed by atoms with Gasteiger partial charge in [-0.3, -0.25) is 4.91 Å². The van der Waals surface area contributed by atoms with Gasteiger partial charge < -0.3 is 15.5 Å². The molecule has 0 fully saturated rings. The lowest BCUT2D eigenvalue weighted by atomic mass is 9.75. The average molecular weight is 284 g/mol. The molecule has 0 atom stereocenters. The van der Waals surface area contributed by atoms with E-state index in [1.54, 1.807) is 0 Å². The molecule has 0 rings (SSSR count). The molecule has 4 heteroatoms. The van der Waals surface area contributed by atoms with E-state index in [1.807, 2.05) is 0 Å². The van der Waals surface area contributed by atoms with Crippen LogP contribution in [0.25, 0.3) is 16.0 Å². The smallest absolute Gasteiger partial charge is 0.0918 e. The quantitative estimate of drug-likeness (QED) is 0.231. The zero-order valence-electron chi connectivity index (χ0n) is 15.8. The molecule has 0 aliphatic carbocycles. The van der Waals surface area contributed by atoms with Crippen LogP contribution in [-0.2, 0) is 0 Å². The molecule has 0 heterocycles. The van der Waals surface area contributed by atoms with E-state index in [2.05, 4.69) is 83.1 Å². The van der Waals surface area contributed by atoms with Crippen LogP contribution in [0.1, 0.15) is 83.1 Å². The summed E-state index contributed by atoms with van der Waals surface area (Å²) in [7, 11) is 0. The third-order valence-corrected chi connectivity index (χ3v) is 4.02. The van der Waals surface area contributed by atoms with Gasteiger partial charge in [0.1, 0.15) is 0 Å². The Morgan fingerprint density at radius 1 is 0.500 bits per heavy atom. The van der Waals surface area contributed by atoms with Crippen LogP contribution in [0.2, 0.25) is 0 Å². The van der Waals surface area contributed by atoms with E-state index in [0.29, 0.717) is 0 Å². The monoisotopic (exact) mass is 284 g/mol. The summed E-state index contributed by atoms with van der Waals surface area (Å²) in [5, 5.41) is 0. The summed E-state index contributed by atoms with van der Waals surface area (Å²) in [6, 6.07) is 0. The van der Waals surface area contributed by atoms with Gasteiger partial charge in [0.15, 0.2) is 0 Å². The van der Waals surface area contributed by atoms with Crippen molar-refractivity contribution < 1.29 is 4.48 Å². The van der Waals surface area contributed by atoms with Gasteiger partial charge >= 0.3 is 0 Å². The van der Waals surface area contributed by atoms with E-state index in [0.717, 1.165) is 4.48 Å². The molecule has 4 nitrogen and oxygen atoms in total. The van der Waals surface area contributed by atoms with Gasteiger partial charge in [-0.25, -0.2) is 0 Å². The number of nitrogens with zero attached hydrogens (tertiary/aromatic N) is 4. The van der Waals surface area contributed by atoms with Crippen LogP contribution in [0.5, 0.6) is 0 Å². The summed E-state index contributed by atoms with van der Waals surface area (Å²) in [6.45, 7) is 28.6. The highest BCUT2D eigenvalue weighted by molar-refractivity contribution is 4.88. The van der Waals surface area contributed by atoms with Gasteiger partial charge in [0, 0.05) is 0 Å². The van der Waals surface area contributed by atoms with Crippen LogP contribution in [0, 0.1) is 0 Å². The van der Waals surface area contributed by atoms with E-state index in [4.69, 9.17) is 11.1 Å². The molecule has 0 spiro atoms. The Morgan fingerprint density at radius 3 is 0.600 bits per heavy atom. The van der Waals surface area contributed by atoms with Gasteiger partial charge in [-0.15, -0.1) is 0 Å². The summed E-state index contributed by atoms with van der Waals surface area (Å²) in [4.78, 5) is 1.50. The van der Waals surface area contributed by atoms with Gasteiger partial charge in [-0.05, 0) is 83.1 Å². The SMILES string of the molecule is CC(C)(C)[N+](C(C)(C)C)(C(C)(C)C)C(C)(C)C.[N-]=[N+]=[N-]. The van der Waals surface area contributed by atoms with Crippen molar-refractivity contribution in [3.63, 3.8) is 0 Å². The summed E-state index contributed by atoms with van der Waals surface area (Å²) >= 11 is 0. The van der Waals surface area contributed by atoms with Crippen molar-refractivity contribution in [3.8, 4) is 0 Å². The van der Waals surface area contributed by atoms with Crippen LogP contribution in [0.4, 0.5) is 0 Å². The Hall–Kier alpha value is -0.730. The molecular weight excluding hydrogens is 248 g/mol. The number of rotatable bonds is 0. The van der Waals surface area contributed by atoms with Gasteiger partial charge in [0.05, 0.1) is 22.2 Å². The molecule has 0 saturated heterocycles. The first kappa shape index (κ1) is 21.6. The second-order valence-corrected chi connectivity index (χ2v) is 9.44. The lowest BCUT2D eigenvalue weighted by Gasteiger charge is -2.70. The van der Waals surface area contributed by atoms with Gasteiger partial charge in [-0.2, -0.15) is 0 Å². The van der Waals surface area contributed by atoms with Crippen molar-refractivity contribution in [2.24, 2.45) is 0 Å². The number of quaternary nitrogens is 1. The van der Waals surface area contributed by atoms with Crippen LogP contribution >= 0.6 is 0 Å². The van der Waals surface area contributed by atoms with Crippen molar-refractivity contribution in [1.29, 1.82) is 0 Å². The Kier molecular flexibility index (Phi) is 6.41. The lowest BCUT2D eigenvalue weighted by molar-refractivity contribution is -1.08. The zero-order valence-corrected chi connectivity index (χ0v) is 15.8. The summed E-state index contributed by atoms with van der Waals surface area (Å²) in [5.41, 5.74) is 14.3. The van der Waals surface area contributed by atoms with Crippen molar-refractivity contribution in [2.75, 3.05) is 0 Å². The summed E-state index contributed by atoms with van der Waals surface area (Å²) < 4.78 is 1.08. The average Bonchev–Trinajstić information content (AvgIpc) is 1.90. The number of hydrogen-bond acceptors (Lipinski definition) is 0. The molecule has 0 aromatic carbocycles. The van der Waals surface area contributed by atoms with Crippen LogP contribution in [0.15, 0.2) is 0 Å². The normalized spacial score (nSPS) is 14.2. The third-order valence-electron chi connectivity index (χ3n) is 4.02. The first-order valence-corrected chi connectivity index (χ1v) is 7.29. The largest absolute Gasteiger partial charge is 0.373 e. The second-order valence-electron chi connectivity index (χ2n) is 9.44. The molecule has 0 aromatic heterocycles. The summed E-state index contributed by atoms with van der Waals surface area (Å²) in [5.74, 6) is 0. The minimum Gasteiger partial charge on any atom is -0.373 e. The lowest BCUT2D eigenvalue weighted by Crippen LogP contribution is -2.82. The van der Waals surface area contributed by atoms with Crippen molar-refractivity contribution in [1.82, 2.24) is 0 Å². The van der Waals surface area contributed by atoms with E-state index in [-0.39, 0.29) is 22.2 Å². The fourth-order valence-corrected chi connectivity index (χ4v) is 6.04. The third kappa shape index (κ3) is 3.67. The topological polar surface area (TPSA) is 58.7 Å². The maximum Gasteiger partial charge on any atom is 0.0918 e. The molecule has 0 aromatic rings. The highest BCUT2D eigenvalue weighted by atomic mass is 15.5. The fraction of sp³-hybridized carbons (Fsp3) is 1.00. The first-order valence-electron chi connectivity index (χ1n) is 7.29. The van der Waals surface area contributed by atoms with E-state index in [1.165, 1.54) is 4.91 Å². The van der Waals surface area contributed by atoms with Gasteiger partial charge in [0.25, 0.3) is 0 Å². The van der Waals surface area contributed by atoms with E-state index < -0.39 is 0 Å². The molecular formula is C16H36N4. The van der Waals surface area contributed by atoms with Crippen molar-refractivity contribution in [3.05, 3.63) is 16.0 Å². The highest BCUT2D eigenvalue weighted by Gasteiger charge is 2.62. The van der Waals surface area contributed by atoms with Crippen LogP contribution < -0.4 is 0 Å². The minimum atomic E-state index is 0.203. The van der Waals surface area contributed by atoms with Crippen molar-refractivity contribution in [2.45, 2.75) is 105 Å². The zero-order chi connectivity index (χ0) is 17.2. The Balaban J connectivity index is 0. The standard InChI is InChI=1S/C16H36N.N3/c1-13(2,3)17(14(4,5)6,15(7,8)9)16(10,11)12;1-3-2/h1-12H3;/q+1;-1. The molecule has 20 heavy (non-hydrogen) atoms. The molecule has 120 valence electrons. The minimum absolute atomic E-state index is 0.203. The highest BCUT2D eigenvalue weighted by Crippen LogP contribution is 2.50.